The predicted octanol–water partition coefficient (Wildman–Crippen LogP) is 2.69. The van der Waals surface area contributed by atoms with Gasteiger partial charge in [0, 0.05) is 4.47 Å². The van der Waals surface area contributed by atoms with Crippen LogP contribution >= 0.6 is 15.9 Å². The minimum Gasteiger partial charge on any atom is -0.493 e. The number of rotatable bonds is 5. The highest BCUT2D eigenvalue weighted by Gasteiger charge is 2.31. The van der Waals surface area contributed by atoms with E-state index >= 15 is 0 Å². The number of likely N-dealkylation sites (tertiary alicyclic amines) is 1. The van der Waals surface area contributed by atoms with Crippen LogP contribution in [-0.4, -0.2) is 43.3 Å². The largest absolute Gasteiger partial charge is 0.493 e. The summed E-state index contributed by atoms with van der Waals surface area (Å²) in [5, 5.41) is 9.57. The third-order valence-corrected chi connectivity index (χ3v) is 4.22. The van der Waals surface area contributed by atoms with E-state index in [2.05, 4.69) is 15.9 Å². The maximum atomic E-state index is 11.7. The average molecular weight is 344 g/mol. The van der Waals surface area contributed by atoms with E-state index in [1.54, 1.807) is 26.4 Å². The van der Waals surface area contributed by atoms with Gasteiger partial charge in [-0.05, 0) is 43.6 Å². The van der Waals surface area contributed by atoms with E-state index in [1.165, 1.54) is 0 Å². The molecule has 2 rings (SSSR count). The van der Waals surface area contributed by atoms with Crippen molar-refractivity contribution >= 4 is 21.9 Å². The van der Waals surface area contributed by atoms with Crippen molar-refractivity contribution in [1.82, 2.24) is 4.90 Å². The SMILES string of the molecule is COc1cc(Br)c(C(C(=O)O)N2CCCC2)cc1OC. The lowest BCUT2D eigenvalue weighted by Crippen LogP contribution is -2.32. The third kappa shape index (κ3) is 2.91. The number of aliphatic carboxylic acids is 1. The standard InChI is InChI=1S/C14H18BrNO4/c1-19-11-7-9(10(15)8-12(11)20-2)13(14(17)18)16-5-3-4-6-16/h7-8,13H,3-6H2,1-2H3,(H,17,18). The van der Waals surface area contributed by atoms with E-state index < -0.39 is 12.0 Å². The number of halogens is 1. The van der Waals surface area contributed by atoms with Crippen LogP contribution in [0.3, 0.4) is 0 Å². The van der Waals surface area contributed by atoms with Crippen LogP contribution < -0.4 is 9.47 Å². The Balaban J connectivity index is 2.44. The molecule has 0 aliphatic carbocycles. The molecule has 1 unspecified atom stereocenters. The zero-order valence-corrected chi connectivity index (χ0v) is 13.1. The van der Waals surface area contributed by atoms with E-state index in [1.807, 2.05) is 4.90 Å². The van der Waals surface area contributed by atoms with Crippen molar-refractivity contribution in [3.63, 3.8) is 0 Å². The second-order valence-electron chi connectivity index (χ2n) is 4.71. The van der Waals surface area contributed by atoms with Crippen LogP contribution in [0.1, 0.15) is 24.4 Å². The molecule has 0 aromatic heterocycles. The highest BCUT2D eigenvalue weighted by Crippen LogP contribution is 2.38. The topological polar surface area (TPSA) is 59.0 Å². The summed E-state index contributed by atoms with van der Waals surface area (Å²) >= 11 is 3.44. The van der Waals surface area contributed by atoms with E-state index in [0.717, 1.165) is 30.4 Å². The number of benzene rings is 1. The maximum absolute atomic E-state index is 11.7. The average Bonchev–Trinajstić information content (AvgIpc) is 2.93. The van der Waals surface area contributed by atoms with Crippen LogP contribution in [-0.2, 0) is 4.79 Å². The smallest absolute Gasteiger partial charge is 0.325 e. The van der Waals surface area contributed by atoms with Gasteiger partial charge in [-0.15, -0.1) is 0 Å². The highest BCUT2D eigenvalue weighted by molar-refractivity contribution is 9.10. The summed E-state index contributed by atoms with van der Waals surface area (Å²) < 4.78 is 11.2. The molecule has 110 valence electrons. The Bertz CT molecular complexity index is 500. The Hall–Kier alpha value is -1.27. The lowest BCUT2D eigenvalue weighted by molar-refractivity contribution is -0.143. The van der Waals surface area contributed by atoms with Gasteiger partial charge in [0.2, 0.25) is 0 Å². The zero-order chi connectivity index (χ0) is 14.7. The Labute approximate surface area is 126 Å². The van der Waals surface area contributed by atoms with Crippen molar-refractivity contribution in [2.24, 2.45) is 0 Å². The van der Waals surface area contributed by atoms with Crippen LogP contribution in [0, 0.1) is 0 Å². The number of ether oxygens (including phenoxy) is 2. The van der Waals surface area contributed by atoms with Gasteiger partial charge in [-0.1, -0.05) is 15.9 Å². The van der Waals surface area contributed by atoms with Gasteiger partial charge < -0.3 is 14.6 Å². The Kier molecular flexibility index (Phi) is 4.88. The summed E-state index contributed by atoms with van der Waals surface area (Å²) in [6, 6.07) is 2.83. The Morgan fingerprint density at radius 3 is 2.30 bits per heavy atom. The second-order valence-corrected chi connectivity index (χ2v) is 5.57. The molecule has 1 aromatic rings. The molecule has 1 atom stereocenters. The zero-order valence-electron chi connectivity index (χ0n) is 11.6. The molecule has 1 saturated heterocycles. The molecule has 5 nitrogen and oxygen atoms in total. The molecule has 0 saturated carbocycles. The monoisotopic (exact) mass is 343 g/mol. The van der Waals surface area contributed by atoms with Gasteiger partial charge >= 0.3 is 5.97 Å². The quantitative estimate of drug-likeness (QED) is 0.890. The molecule has 0 spiro atoms. The summed E-state index contributed by atoms with van der Waals surface area (Å²) in [5.74, 6) is 0.268. The van der Waals surface area contributed by atoms with Crippen molar-refractivity contribution in [3.8, 4) is 11.5 Å². The number of nitrogens with zero attached hydrogens (tertiary/aromatic N) is 1. The number of methoxy groups -OCH3 is 2. The normalized spacial score (nSPS) is 16.9. The van der Waals surface area contributed by atoms with Gasteiger partial charge in [-0.3, -0.25) is 9.69 Å². The first-order valence-electron chi connectivity index (χ1n) is 6.46. The Morgan fingerprint density at radius 1 is 1.25 bits per heavy atom. The molecular formula is C14H18BrNO4. The summed E-state index contributed by atoms with van der Waals surface area (Å²) in [4.78, 5) is 13.6. The van der Waals surface area contributed by atoms with Crippen molar-refractivity contribution < 1.29 is 19.4 Å². The van der Waals surface area contributed by atoms with Crippen LogP contribution in [0.2, 0.25) is 0 Å². The fourth-order valence-electron chi connectivity index (χ4n) is 2.57. The fraction of sp³-hybridized carbons (Fsp3) is 0.500. The van der Waals surface area contributed by atoms with Crippen LogP contribution in [0.25, 0.3) is 0 Å². The number of carboxylic acid groups (broad SMARTS) is 1. The molecule has 20 heavy (non-hydrogen) atoms. The van der Waals surface area contributed by atoms with E-state index in [0.29, 0.717) is 17.1 Å². The Morgan fingerprint density at radius 2 is 1.80 bits per heavy atom. The third-order valence-electron chi connectivity index (χ3n) is 3.54. The molecule has 1 aliphatic rings. The lowest BCUT2D eigenvalue weighted by Gasteiger charge is -2.25. The summed E-state index contributed by atoms with van der Waals surface area (Å²) in [6.07, 6.45) is 2.07. The molecule has 0 radical (unpaired) electrons. The van der Waals surface area contributed by atoms with Crippen molar-refractivity contribution in [3.05, 3.63) is 22.2 Å². The van der Waals surface area contributed by atoms with Crippen LogP contribution in [0.4, 0.5) is 0 Å². The van der Waals surface area contributed by atoms with Crippen molar-refractivity contribution in [2.75, 3.05) is 27.3 Å². The summed E-state index contributed by atoms with van der Waals surface area (Å²) in [7, 11) is 3.10. The minimum atomic E-state index is -0.847. The minimum absolute atomic E-state index is 0.538. The predicted molar refractivity (Wildman–Crippen MR) is 78.4 cm³/mol. The maximum Gasteiger partial charge on any atom is 0.325 e. The van der Waals surface area contributed by atoms with Crippen LogP contribution in [0.15, 0.2) is 16.6 Å². The van der Waals surface area contributed by atoms with Gasteiger partial charge in [0.1, 0.15) is 6.04 Å². The molecule has 1 heterocycles. The first kappa shape index (κ1) is 15.1. The second kappa shape index (κ2) is 6.45. The van der Waals surface area contributed by atoms with E-state index in [-0.39, 0.29) is 0 Å². The van der Waals surface area contributed by atoms with E-state index in [9.17, 15) is 9.90 Å². The molecule has 1 aliphatic heterocycles. The molecule has 0 bridgehead atoms. The van der Waals surface area contributed by atoms with Crippen LogP contribution in [0.5, 0.6) is 11.5 Å². The van der Waals surface area contributed by atoms with Gasteiger partial charge in [-0.25, -0.2) is 0 Å². The van der Waals surface area contributed by atoms with Gasteiger partial charge in [0.25, 0.3) is 0 Å². The highest BCUT2D eigenvalue weighted by atomic mass is 79.9. The first-order valence-corrected chi connectivity index (χ1v) is 7.26. The van der Waals surface area contributed by atoms with Crippen molar-refractivity contribution in [2.45, 2.75) is 18.9 Å². The molecule has 1 fully saturated rings. The van der Waals surface area contributed by atoms with Gasteiger partial charge in [0.15, 0.2) is 11.5 Å². The first-order chi connectivity index (χ1) is 9.58. The molecular weight excluding hydrogens is 326 g/mol. The van der Waals surface area contributed by atoms with E-state index in [4.69, 9.17) is 9.47 Å². The van der Waals surface area contributed by atoms with Gasteiger partial charge in [0.05, 0.1) is 14.2 Å². The molecule has 1 N–H and O–H groups in total. The summed E-state index contributed by atoms with van der Waals surface area (Å²) in [5.41, 5.74) is 0.692. The molecule has 6 heteroatoms. The summed E-state index contributed by atoms with van der Waals surface area (Å²) in [6.45, 7) is 1.61. The number of carboxylic acids is 1. The number of carbonyl (C=O) groups is 1. The molecule has 1 aromatic carbocycles. The fourth-order valence-corrected chi connectivity index (χ4v) is 3.10. The number of hydrogen-bond acceptors (Lipinski definition) is 4. The number of hydrogen-bond donors (Lipinski definition) is 1. The van der Waals surface area contributed by atoms with Gasteiger partial charge in [-0.2, -0.15) is 0 Å². The van der Waals surface area contributed by atoms with Crippen molar-refractivity contribution in [1.29, 1.82) is 0 Å². The lowest BCUT2D eigenvalue weighted by atomic mass is 10.0. The molecule has 0 amide bonds.